The van der Waals surface area contributed by atoms with Crippen LogP contribution in [0, 0.1) is 0 Å². The number of nitrogens with zero attached hydrogens (tertiary/aromatic N) is 2. The summed E-state index contributed by atoms with van der Waals surface area (Å²) in [4.78, 5) is 6.66. The zero-order valence-electron chi connectivity index (χ0n) is 11.4. The molecule has 1 rings (SSSR count). The Morgan fingerprint density at radius 1 is 1.24 bits per heavy atom. The van der Waals surface area contributed by atoms with Gasteiger partial charge in [0, 0.05) is 43.3 Å². The monoisotopic (exact) mass is 235 g/mol. The van der Waals surface area contributed by atoms with Crippen LogP contribution in [0.1, 0.15) is 39.2 Å². The van der Waals surface area contributed by atoms with E-state index < -0.39 is 0 Å². The Hall–Kier alpha value is -1.09. The lowest BCUT2D eigenvalue weighted by Gasteiger charge is -2.25. The first-order chi connectivity index (χ1) is 8.33. The third-order valence-electron chi connectivity index (χ3n) is 2.84. The molecule has 0 amide bonds. The van der Waals surface area contributed by atoms with Crippen molar-refractivity contribution in [2.45, 2.75) is 40.2 Å². The summed E-state index contributed by atoms with van der Waals surface area (Å²) in [5, 5.41) is 3.45. The molecule has 0 aromatic carbocycles. The second kappa shape index (κ2) is 8.07. The van der Waals surface area contributed by atoms with E-state index in [1.165, 1.54) is 24.1 Å². The van der Waals surface area contributed by atoms with Crippen LogP contribution >= 0.6 is 0 Å². The highest BCUT2D eigenvalue weighted by Gasteiger charge is 2.08. The Balaban J connectivity index is 2.74. The number of hydrogen-bond acceptors (Lipinski definition) is 3. The summed E-state index contributed by atoms with van der Waals surface area (Å²) >= 11 is 0. The Bertz CT molecular complexity index is 312. The smallest absolute Gasteiger partial charge is 0.0442 e. The molecule has 0 spiro atoms. The van der Waals surface area contributed by atoms with E-state index in [4.69, 9.17) is 0 Å². The molecule has 1 heterocycles. The van der Waals surface area contributed by atoms with Crippen molar-refractivity contribution in [2.24, 2.45) is 0 Å². The molecule has 0 fully saturated rings. The van der Waals surface area contributed by atoms with Crippen LogP contribution in [0.25, 0.3) is 0 Å². The number of hydrogen-bond donors (Lipinski definition) is 1. The first-order valence-electron chi connectivity index (χ1n) is 6.72. The molecule has 0 saturated carbocycles. The average molecular weight is 235 g/mol. The van der Waals surface area contributed by atoms with Crippen LogP contribution in [-0.2, 0) is 6.54 Å². The van der Waals surface area contributed by atoms with Gasteiger partial charge in [-0.2, -0.15) is 0 Å². The molecule has 1 aromatic heterocycles. The SMILES string of the molecule is CCCNCc1cnccc1N(CC)CCC. The molecule has 17 heavy (non-hydrogen) atoms. The fraction of sp³-hybridized carbons (Fsp3) is 0.643. The minimum absolute atomic E-state index is 0.914. The van der Waals surface area contributed by atoms with Gasteiger partial charge in [-0.1, -0.05) is 13.8 Å². The molecular formula is C14H25N3. The molecule has 0 bridgehead atoms. The van der Waals surface area contributed by atoms with Gasteiger partial charge >= 0.3 is 0 Å². The number of rotatable bonds is 8. The lowest BCUT2D eigenvalue weighted by Crippen LogP contribution is -2.26. The van der Waals surface area contributed by atoms with Gasteiger partial charge in [0.1, 0.15) is 0 Å². The van der Waals surface area contributed by atoms with Gasteiger partial charge in [0.05, 0.1) is 0 Å². The molecule has 0 unspecified atom stereocenters. The predicted molar refractivity (Wildman–Crippen MR) is 74.4 cm³/mol. The molecule has 0 aliphatic heterocycles. The van der Waals surface area contributed by atoms with Crippen LogP contribution in [-0.4, -0.2) is 24.6 Å². The molecular weight excluding hydrogens is 210 g/mol. The van der Waals surface area contributed by atoms with Gasteiger partial charge in [-0.3, -0.25) is 4.98 Å². The van der Waals surface area contributed by atoms with E-state index >= 15 is 0 Å². The number of nitrogens with one attached hydrogen (secondary N) is 1. The van der Waals surface area contributed by atoms with Crippen LogP contribution in [0.2, 0.25) is 0 Å². The summed E-state index contributed by atoms with van der Waals surface area (Å²) in [6.45, 7) is 10.8. The molecule has 3 heteroatoms. The quantitative estimate of drug-likeness (QED) is 0.702. The normalized spacial score (nSPS) is 10.5. The molecule has 1 aromatic rings. The zero-order chi connectivity index (χ0) is 12.5. The maximum atomic E-state index is 4.23. The largest absolute Gasteiger partial charge is 0.371 e. The van der Waals surface area contributed by atoms with Crippen molar-refractivity contribution >= 4 is 5.69 Å². The van der Waals surface area contributed by atoms with E-state index in [2.05, 4.69) is 42.0 Å². The van der Waals surface area contributed by atoms with E-state index in [-0.39, 0.29) is 0 Å². The third kappa shape index (κ3) is 4.35. The first kappa shape index (κ1) is 14.0. The summed E-state index contributed by atoms with van der Waals surface area (Å²) in [5.74, 6) is 0. The average Bonchev–Trinajstić information content (AvgIpc) is 2.37. The second-order valence-corrected chi connectivity index (χ2v) is 4.26. The van der Waals surface area contributed by atoms with Crippen LogP contribution in [0.4, 0.5) is 5.69 Å². The van der Waals surface area contributed by atoms with Gasteiger partial charge in [-0.05, 0) is 32.4 Å². The van der Waals surface area contributed by atoms with Gasteiger partial charge in [-0.15, -0.1) is 0 Å². The lowest BCUT2D eigenvalue weighted by atomic mass is 10.2. The first-order valence-corrected chi connectivity index (χ1v) is 6.72. The summed E-state index contributed by atoms with van der Waals surface area (Å²) < 4.78 is 0. The van der Waals surface area contributed by atoms with Crippen molar-refractivity contribution in [2.75, 3.05) is 24.5 Å². The van der Waals surface area contributed by atoms with E-state index in [0.29, 0.717) is 0 Å². The maximum absolute atomic E-state index is 4.23. The van der Waals surface area contributed by atoms with Crippen LogP contribution in [0.15, 0.2) is 18.5 Å². The van der Waals surface area contributed by atoms with Crippen LogP contribution in [0.5, 0.6) is 0 Å². The van der Waals surface area contributed by atoms with Gasteiger partial charge in [-0.25, -0.2) is 0 Å². The number of aromatic nitrogens is 1. The topological polar surface area (TPSA) is 28.2 Å². The molecule has 0 aliphatic rings. The summed E-state index contributed by atoms with van der Waals surface area (Å²) in [7, 11) is 0. The van der Waals surface area contributed by atoms with Crippen molar-refractivity contribution in [1.29, 1.82) is 0 Å². The van der Waals surface area contributed by atoms with Gasteiger partial charge < -0.3 is 10.2 Å². The summed E-state index contributed by atoms with van der Waals surface area (Å²) in [6, 6.07) is 2.13. The van der Waals surface area contributed by atoms with E-state index in [9.17, 15) is 0 Å². The molecule has 0 atom stereocenters. The Morgan fingerprint density at radius 3 is 2.71 bits per heavy atom. The molecule has 0 saturated heterocycles. The van der Waals surface area contributed by atoms with Crippen LogP contribution < -0.4 is 10.2 Å². The third-order valence-corrected chi connectivity index (χ3v) is 2.84. The van der Waals surface area contributed by atoms with E-state index in [1.54, 1.807) is 0 Å². The summed E-state index contributed by atoms with van der Waals surface area (Å²) in [5.41, 5.74) is 2.63. The maximum Gasteiger partial charge on any atom is 0.0442 e. The fourth-order valence-corrected chi connectivity index (χ4v) is 1.98. The molecule has 0 aliphatic carbocycles. The minimum atomic E-state index is 0.914. The second-order valence-electron chi connectivity index (χ2n) is 4.26. The fourth-order valence-electron chi connectivity index (χ4n) is 1.98. The van der Waals surface area contributed by atoms with Crippen molar-refractivity contribution in [3.8, 4) is 0 Å². The van der Waals surface area contributed by atoms with Crippen molar-refractivity contribution < 1.29 is 0 Å². The number of pyridine rings is 1. The Kier molecular flexibility index (Phi) is 6.63. The molecule has 0 radical (unpaired) electrons. The Morgan fingerprint density at radius 2 is 2.06 bits per heavy atom. The molecule has 1 N–H and O–H groups in total. The molecule has 3 nitrogen and oxygen atoms in total. The zero-order valence-corrected chi connectivity index (χ0v) is 11.4. The highest BCUT2D eigenvalue weighted by Crippen LogP contribution is 2.19. The van der Waals surface area contributed by atoms with Gasteiger partial charge in [0.15, 0.2) is 0 Å². The van der Waals surface area contributed by atoms with Crippen LogP contribution in [0.3, 0.4) is 0 Å². The minimum Gasteiger partial charge on any atom is -0.371 e. The number of anilines is 1. The standard InChI is InChI=1S/C14H25N3/c1-4-8-15-11-13-12-16-9-7-14(13)17(6-3)10-5-2/h7,9,12,15H,4-6,8,10-11H2,1-3H3. The highest BCUT2D eigenvalue weighted by atomic mass is 15.1. The van der Waals surface area contributed by atoms with Crippen molar-refractivity contribution in [1.82, 2.24) is 10.3 Å². The van der Waals surface area contributed by atoms with Crippen molar-refractivity contribution in [3.05, 3.63) is 24.0 Å². The lowest BCUT2D eigenvalue weighted by molar-refractivity contribution is 0.669. The Labute approximate surface area is 105 Å². The predicted octanol–water partition coefficient (Wildman–Crippen LogP) is 2.82. The molecule has 96 valence electrons. The van der Waals surface area contributed by atoms with E-state index in [1.807, 2.05) is 12.4 Å². The summed E-state index contributed by atoms with van der Waals surface area (Å²) in [6.07, 6.45) is 6.22. The van der Waals surface area contributed by atoms with Gasteiger partial charge in [0.25, 0.3) is 0 Å². The van der Waals surface area contributed by atoms with E-state index in [0.717, 1.165) is 26.2 Å². The van der Waals surface area contributed by atoms with Crippen molar-refractivity contribution in [3.63, 3.8) is 0 Å². The highest BCUT2D eigenvalue weighted by molar-refractivity contribution is 5.52. The van der Waals surface area contributed by atoms with Gasteiger partial charge in [0.2, 0.25) is 0 Å².